The maximum absolute atomic E-state index is 15.2. The maximum atomic E-state index is 15.2. The molecule has 9 heteroatoms. The molecule has 0 saturated carbocycles. The molecule has 2 N–H and O–H groups in total. The minimum absolute atomic E-state index is 0.00767. The van der Waals surface area contributed by atoms with Gasteiger partial charge in [0.2, 0.25) is 11.8 Å². The van der Waals surface area contributed by atoms with Gasteiger partial charge in [0.1, 0.15) is 11.6 Å². The number of hydrogen-bond acceptors (Lipinski definition) is 5. The van der Waals surface area contributed by atoms with E-state index in [1.165, 1.54) is 6.07 Å². The van der Waals surface area contributed by atoms with Crippen molar-refractivity contribution in [2.75, 3.05) is 33.4 Å². The van der Waals surface area contributed by atoms with Gasteiger partial charge in [-0.2, -0.15) is 0 Å². The van der Waals surface area contributed by atoms with E-state index in [-0.39, 0.29) is 47.8 Å². The van der Waals surface area contributed by atoms with Crippen LogP contribution in [0.4, 0.5) is 4.39 Å². The zero-order valence-corrected chi connectivity index (χ0v) is 26.0. The van der Waals surface area contributed by atoms with Crippen LogP contribution >= 0.6 is 11.6 Å². The first-order valence-corrected chi connectivity index (χ1v) is 14.8. The van der Waals surface area contributed by atoms with Crippen molar-refractivity contribution in [2.24, 2.45) is 0 Å². The van der Waals surface area contributed by atoms with Gasteiger partial charge in [-0.05, 0) is 89.4 Å². The lowest BCUT2D eigenvalue weighted by Crippen LogP contribution is -2.52. The second kappa shape index (κ2) is 15.0. The summed E-state index contributed by atoms with van der Waals surface area (Å²) < 4.78 is 26.5. The summed E-state index contributed by atoms with van der Waals surface area (Å²) in [6.45, 7) is 12.4. The second-order valence-electron chi connectivity index (χ2n) is 12.0. The molecule has 0 aliphatic carbocycles. The minimum atomic E-state index is -0.456. The first kappa shape index (κ1) is 32.8. The highest BCUT2D eigenvalue weighted by atomic mass is 35.5. The third-order valence-corrected chi connectivity index (χ3v) is 7.30. The number of rotatable bonds is 12. The van der Waals surface area contributed by atoms with E-state index >= 15 is 4.39 Å². The number of hydrogen-bond donors (Lipinski definition) is 2. The number of benzene rings is 2. The highest BCUT2D eigenvalue weighted by Crippen LogP contribution is 2.37. The van der Waals surface area contributed by atoms with Crippen LogP contribution in [0.5, 0.6) is 5.75 Å². The summed E-state index contributed by atoms with van der Waals surface area (Å²) in [5.74, 6) is -0.186. The molecule has 0 unspecified atom stereocenters. The van der Waals surface area contributed by atoms with Gasteiger partial charge in [0, 0.05) is 60.5 Å². The minimum Gasteiger partial charge on any atom is -0.493 e. The molecule has 1 heterocycles. The van der Waals surface area contributed by atoms with Crippen molar-refractivity contribution in [3.8, 4) is 16.9 Å². The normalized spacial score (nSPS) is 15.6. The van der Waals surface area contributed by atoms with Gasteiger partial charge in [0.15, 0.2) is 0 Å². The van der Waals surface area contributed by atoms with E-state index in [1.807, 2.05) is 39.5 Å². The van der Waals surface area contributed by atoms with Crippen molar-refractivity contribution >= 4 is 23.4 Å². The van der Waals surface area contributed by atoms with Crippen LogP contribution in [0.15, 0.2) is 30.3 Å². The lowest BCUT2D eigenvalue weighted by Gasteiger charge is -2.37. The van der Waals surface area contributed by atoms with Crippen LogP contribution in [-0.4, -0.2) is 67.7 Å². The smallest absolute Gasteiger partial charge is 0.227 e. The van der Waals surface area contributed by atoms with Crippen LogP contribution in [0.1, 0.15) is 65.0 Å². The Morgan fingerprint density at radius 3 is 2.54 bits per heavy atom. The fraction of sp³-hybridized carbons (Fsp3) is 0.562. The van der Waals surface area contributed by atoms with Gasteiger partial charge in [0.25, 0.3) is 0 Å². The largest absolute Gasteiger partial charge is 0.493 e. The molecule has 41 heavy (non-hydrogen) atoms. The van der Waals surface area contributed by atoms with Crippen LogP contribution < -0.4 is 15.4 Å². The van der Waals surface area contributed by atoms with Crippen molar-refractivity contribution in [1.82, 2.24) is 15.5 Å². The number of methoxy groups -OCH3 is 1. The highest BCUT2D eigenvalue weighted by molar-refractivity contribution is 6.32. The number of amides is 2. The second-order valence-corrected chi connectivity index (χ2v) is 12.4. The molecule has 1 saturated heterocycles. The Balaban J connectivity index is 1.94. The molecule has 3 rings (SSSR count). The van der Waals surface area contributed by atoms with E-state index < -0.39 is 5.82 Å². The molecule has 2 amide bonds. The molecule has 1 aliphatic heterocycles. The summed E-state index contributed by atoms with van der Waals surface area (Å²) in [4.78, 5) is 28.0. The number of carbonyl (C=O) groups excluding carboxylic acids is 2. The first-order valence-electron chi connectivity index (χ1n) is 14.5. The number of carbonyl (C=O) groups is 2. The Bertz CT molecular complexity index is 1190. The molecule has 0 radical (unpaired) electrons. The molecule has 0 aromatic heterocycles. The van der Waals surface area contributed by atoms with Gasteiger partial charge in [0.05, 0.1) is 19.4 Å². The van der Waals surface area contributed by atoms with Gasteiger partial charge >= 0.3 is 0 Å². The summed E-state index contributed by atoms with van der Waals surface area (Å²) in [7, 11) is 1.62. The average molecular weight is 590 g/mol. The molecular formula is C32H45ClFN3O4. The van der Waals surface area contributed by atoms with Crippen LogP contribution in [-0.2, 0) is 27.2 Å². The Kier molecular flexibility index (Phi) is 12.0. The Morgan fingerprint density at radius 2 is 1.90 bits per heavy atom. The van der Waals surface area contributed by atoms with E-state index in [0.717, 1.165) is 25.9 Å². The molecule has 1 aliphatic rings. The van der Waals surface area contributed by atoms with Crippen LogP contribution in [0.25, 0.3) is 11.1 Å². The van der Waals surface area contributed by atoms with Crippen LogP contribution in [0, 0.1) is 5.82 Å². The average Bonchev–Trinajstić information content (AvgIpc) is 2.88. The van der Waals surface area contributed by atoms with Crippen molar-refractivity contribution in [1.29, 1.82) is 0 Å². The predicted molar refractivity (Wildman–Crippen MR) is 162 cm³/mol. The van der Waals surface area contributed by atoms with Crippen molar-refractivity contribution < 1.29 is 23.5 Å². The first-order chi connectivity index (χ1) is 19.4. The third-order valence-electron chi connectivity index (χ3n) is 6.95. The van der Waals surface area contributed by atoms with E-state index in [9.17, 15) is 9.59 Å². The van der Waals surface area contributed by atoms with Gasteiger partial charge in [-0.1, -0.05) is 17.7 Å². The van der Waals surface area contributed by atoms with Crippen LogP contribution in [0.3, 0.4) is 0 Å². The van der Waals surface area contributed by atoms with Gasteiger partial charge in [-0.3, -0.25) is 9.59 Å². The van der Waals surface area contributed by atoms with E-state index in [0.29, 0.717) is 47.1 Å². The number of nitrogens with zero attached hydrogens (tertiary/aromatic N) is 1. The molecule has 0 bridgehead atoms. The Hall–Kier alpha value is -2.68. The summed E-state index contributed by atoms with van der Waals surface area (Å²) in [6.07, 6.45) is 2.84. The summed E-state index contributed by atoms with van der Waals surface area (Å²) in [6, 6.07) is 8.21. The maximum Gasteiger partial charge on any atom is 0.227 e. The zero-order valence-electron chi connectivity index (χ0n) is 25.2. The fourth-order valence-electron chi connectivity index (χ4n) is 5.22. The molecule has 226 valence electrons. The van der Waals surface area contributed by atoms with Gasteiger partial charge < -0.3 is 25.0 Å². The quantitative estimate of drug-likeness (QED) is 0.317. The molecular weight excluding hydrogens is 545 g/mol. The molecule has 0 spiro atoms. The Morgan fingerprint density at radius 1 is 1.15 bits per heavy atom. The molecule has 1 fully saturated rings. The fourth-order valence-corrected chi connectivity index (χ4v) is 5.45. The lowest BCUT2D eigenvalue weighted by atomic mass is 9.97. The van der Waals surface area contributed by atoms with E-state index in [2.05, 4.69) is 10.6 Å². The summed E-state index contributed by atoms with van der Waals surface area (Å²) in [5.41, 5.74) is 1.67. The zero-order chi connectivity index (χ0) is 30.2. The topological polar surface area (TPSA) is 79.9 Å². The molecule has 2 aromatic carbocycles. The monoisotopic (exact) mass is 589 g/mol. The van der Waals surface area contributed by atoms with E-state index in [4.69, 9.17) is 21.1 Å². The number of ether oxygens (including phenoxy) is 2. The SMILES string of the molecule is COCCCOc1cc(CC(=O)N(C(C)C)[C@@H]2CCCNC2)c(Cl)cc1-c1cc(CC(=O)NC(C)(C)C)ccc1F. The molecule has 1 atom stereocenters. The van der Waals surface area contributed by atoms with Crippen molar-refractivity contribution in [3.63, 3.8) is 0 Å². The molecule has 2 aromatic rings. The number of nitrogens with one attached hydrogen (secondary N) is 2. The predicted octanol–water partition coefficient (Wildman–Crippen LogP) is 5.55. The standard InChI is InChI=1S/C32H45ClFN3O4/c1-21(2)37(24-9-7-12-35-20-24)31(39)18-23-17-29(41-14-8-13-40-6)26(19-27(23)33)25-15-22(10-11-28(25)34)16-30(38)36-32(3,4)5/h10-11,15,17,19,21,24,35H,7-9,12-14,16,18,20H2,1-6H3,(H,36,38)/t24-/m1/s1. The highest BCUT2D eigenvalue weighted by Gasteiger charge is 2.28. The summed E-state index contributed by atoms with van der Waals surface area (Å²) >= 11 is 6.75. The van der Waals surface area contributed by atoms with E-state index in [1.54, 1.807) is 31.4 Å². The number of halogens is 2. The van der Waals surface area contributed by atoms with Gasteiger partial charge in [-0.15, -0.1) is 0 Å². The molecule has 7 nitrogen and oxygen atoms in total. The number of piperidine rings is 1. The third kappa shape index (κ3) is 9.69. The van der Waals surface area contributed by atoms with Crippen molar-refractivity contribution in [2.45, 2.75) is 84.3 Å². The van der Waals surface area contributed by atoms with Gasteiger partial charge in [-0.25, -0.2) is 4.39 Å². The van der Waals surface area contributed by atoms with Crippen LogP contribution in [0.2, 0.25) is 5.02 Å². The Labute approximate surface area is 249 Å². The van der Waals surface area contributed by atoms with Crippen molar-refractivity contribution in [3.05, 3.63) is 52.3 Å². The summed E-state index contributed by atoms with van der Waals surface area (Å²) in [5, 5.41) is 6.69. The lowest BCUT2D eigenvalue weighted by molar-refractivity contribution is -0.135.